The Labute approximate surface area is 97.1 Å². The van der Waals surface area contributed by atoms with Crippen LogP contribution in [0.15, 0.2) is 18.2 Å². The van der Waals surface area contributed by atoms with Crippen LogP contribution in [0.4, 0.5) is 8.78 Å². The molecule has 3 nitrogen and oxygen atoms in total. The van der Waals surface area contributed by atoms with E-state index in [-0.39, 0.29) is 24.0 Å². The second-order valence-electron chi connectivity index (χ2n) is 3.57. The average Bonchev–Trinajstić information content (AvgIpc) is 2.25. The summed E-state index contributed by atoms with van der Waals surface area (Å²) in [4.78, 5) is 20.8. The predicted octanol–water partition coefficient (Wildman–Crippen LogP) is 2.38. The van der Waals surface area contributed by atoms with Crippen molar-refractivity contribution in [2.24, 2.45) is 0 Å². The third kappa shape index (κ3) is 3.62. The third-order valence-electron chi connectivity index (χ3n) is 2.38. The number of rotatable bonds is 6. The number of aliphatic carboxylic acids is 1. The zero-order chi connectivity index (χ0) is 12.8. The molecule has 5 heteroatoms. The van der Waals surface area contributed by atoms with Gasteiger partial charge in [0.05, 0.1) is 6.42 Å². The van der Waals surface area contributed by atoms with E-state index in [9.17, 15) is 18.4 Å². The van der Waals surface area contributed by atoms with Gasteiger partial charge in [-0.3, -0.25) is 4.79 Å². The molecule has 0 atom stereocenters. The fraction of sp³-hybridized carbons (Fsp3) is 0.333. The van der Waals surface area contributed by atoms with Crippen molar-refractivity contribution >= 4 is 12.3 Å². The molecule has 0 amide bonds. The monoisotopic (exact) mass is 242 g/mol. The lowest BCUT2D eigenvalue weighted by Crippen LogP contribution is -2.07. The van der Waals surface area contributed by atoms with Crippen molar-refractivity contribution < 1.29 is 23.5 Å². The fourth-order valence-electron chi connectivity index (χ4n) is 1.70. The van der Waals surface area contributed by atoms with Crippen molar-refractivity contribution in [2.75, 3.05) is 0 Å². The van der Waals surface area contributed by atoms with Crippen LogP contribution in [0.3, 0.4) is 0 Å². The Bertz CT molecular complexity index is 416. The summed E-state index contributed by atoms with van der Waals surface area (Å²) in [6.45, 7) is 0. The van der Waals surface area contributed by atoms with Crippen molar-refractivity contribution in [3.05, 3.63) is 34.9 Å². The molecule has 0 aliphatic rings. The van der Waals surface area contributed by atoms with Gasteiger partial charge in [0.25, 0.3) is 6.43 Å². The van der Waals surface area contributed by atoms with E-state index in [0.717, 1.165) is 0 Å². The molecule has 17 heavy (non-hydrogen) atoms. The van der Waals surface area contributed by atoms with E-state index >= 15 is 0 Å². The van der Waals surface area contributed by atoms with Crippen LogP contribution >= 0.6 is 0 Å². The van der Waals surface area contributed by atoms with Gasteiger partial charge in [0.2, 0.25) is 0 Å². The van der Waals surface area contributed by atoms with Crippen LogP contribution < -0.4 is 0 Å². The van der Waals surface area contributed by atoms with E-state index in [4.69, 9.17) is 5.11 Å². The Kier molecular flexibility index (Phi) is 4.75. The Hall–Kier alpha value is -1.78. The minimum Gasteiger partial charge on any atom is -0.481 e. The number of carbonyl (C=O) groups is 2. The summed E-state index contributed by atoms with van der Waals surface area (Å²) in [5.74, 6) is -1.15. The van der Waals surface area contributed by atoms with E-state index < -0.39 is 18.8 Å². The van der Waals surface area contributed by atoms with Crippen LogP contribution in [0.1, 0.15) is 29.5 Å². The number of carboxylic acid groups (broad SMARTS) is 1. The molecule has 0 saturated heterocycles. The van der Waals surface area contributed by atoms with E-state index in [1.807, 2.05) is 0 Å². The molecule has 0 aromatic heterocycles. The minimum atomic E-state index is -2.73. The summed E-state index contributed by atoms with van der Waals surface area (Å²) < 4.78 is 25.8. The number of aryl methyl sites for hydroxylation is 1. The summed E-state index contributed by atoms with van der Waals surface area (Å²) in [5.41, 5.74) is 0.193. The van der Waals surface area contributed by atoms with Crippen LogP contribution in [0.2, 0.25) is 0 Å². The Morgan fingerprint density at radius 3 is 2.53 bits per heavy atom. The maximum absolute atomic E-state index is 12.9. The molecule has 1 rings (SSSR count). The SMILES string of the molecule is O=CCCc1cccc(CC(=O)O)c1C(F)F. The van der Waals surface area contributed by atoms with Gasteiger partial charge in [0, 0.05) is 12.0 Å². The molecule has 1 N–H and O–H groups in total. The van der Waals surface area contributed by atoms with E-state index in [2.05, 4.69) is 0 Å². The largest absolute Gasteiger partial charge is 0.481 e. The number of alkyl halides is 2. The van der Waals surface area contributed by atoms with Crippen molar-refractivity contribution in [1.82, 2.24) is 0 Å². The van der Waals surface area contributed by atoms with Crippen LogP contribution in [0.25, 0.3) is 0 Å². The highest BCUT2D eigenvalue weighted by molar-refractivity contribution is 5.71. The quantitative estimate of drug-likeness (QED) is 0.779. The second kappa shape index (κ2) is 6.08. The average molecular weight is 242 g/mol. The molecule has 0 fully saturated rings. The molecule has 0 saturated carbocycles. The summed E-state index contributed by atoms with van der Waals surface area (Å²) in [7, 11) is 0. The predicted molar refractivity (Wildman–Crippen MR) is 57.1 cm³/mol. The van der Waals surface area contributed by atoms with Crippen LogP contribution in [-0.2, 0) is 22.4 Å². The molecule has 0 heterocycles. The van der Waals surface area contributed by atoms with Crippen molar-refractivity contribution in [1.29, 1.82) is 0 Å². The van der Waals surface area contributed by atoms with Gasteiger partial charge in [-0.2, -0.15) is 0 Å². The highest BCUT2D eigenvalue weighted by Crippen LogP contribution is 2.28. The number of benzene rings is 1. The number of halogens is 2. The first-order valence-corrected chi connectivity index (χ1v) is 5.10. The lowest BCUT2D eigenvalue weighted by molar-refractivity contribution is -0.136. The molecule has 1 aromatic carbocycles. The summed E-state index contributed by atoms with van der Waals surface area (Å²) in [6.07, 6.45) is -2.16. The Morgan fingerprint density at radius 2 is 2.00 bits per heavy atom. The van der Waals surface area contributed by atoms with Crippen molar-refractivity contribution in [2.45, 2.75) is 25.7 Å². The molecule has 0 bridgehead atoms. The zero-order valence-corrected chi connectivity index (χ0v) is 9.03. The first-order valence-electron chi connectivity index (χ1n) is 5.10. The van der Waals surface area contributed by atoms with Gasteiger partial charge in [0.1, 0.15) is 6.29 Å². The maximum Gasteiger partial charge on any atom is 0.307 e. The molecule has 0 aliphatic carbocycles. The molecule has 92 valence electrons. The topological polar surface area (TPSA) is 54.4 Å². The molecule has 0 unspecified atom stereocenters. The summed E-state index contributed by atoms with van der Waals surface area (Å²) in [5, 5.41) is 8.64. The van der Waals surface area contributed by atoms with Gasteiger partial charge >= 0.3 is 5.97 Å². The molecular formula is C12H12F2O3. The lowest BCUT2D eigenvalue weighted by atomic mass is 9.96. The standard InChI is InChI=1S/C12H12F2O3/c13-12(14)11-8(5-2-6-15)3-1-4-9(11)7-10(16)17/h1,3-4,6,12H,2,5,7H2,(H,16,17). The number of carboxylic acids is 1. The number of aldehydes is 1. The molecule has 0 aliphatic heterocycles. The normalized spacial score (nSPS) is 10.5. The van der Waals surface area contributed by atoms with Gasteiger partial charge in [-0.25, -0.2) is 8.78 Å². The highest BCUT2D eigenvalue weighted by atomic mass is 19.3. The number of hydrogen-bond donors (Lipinski definition) is 1. The van der Waals surface area contributed by atoms with Gasteiger partial charge in [-0.05, 0) is 17.5 Å². The number of carbonyl (C=O) groups excluding carboxylic acids is 1. The number of hydrogen-bond acceptors (Lipinski definition) is 2. The van der Waals surface area contributed by atoms with Gasteiger partial charge in [-0.1, -0.05) is 18.2 Å². The Morgan fingerprint density at radius 1 is 1.35 bits per heavy atom. The van der Waals surface area contributed by atoms with Crippen molar-refractivity contribution in [3.63, 3.8) is 0 Å². The van der Waals surface area contributed by atoms with Crippen molar-refractivity contribution in [3.8, 4) is 0 Å². The second-order valence-corrected chi connectivity index (χ2v) is 3.57. The highest BCUT2D eigenvalue weighted by Gasteiger charge is 2.18. The van der Waals surface area contributed by atoms with Gasteiger partial charge < -0.3 is 9.90 Å². The summed E-state index contributed by atoms with van der Waals surface area (Å²) in [6, 6.07) is 4.40. The first kappa shape index (κ1) is 13.3. The van der Waals surface area contributed by atoms with E-state index in [1.165, 1.54) is 18.2 Å². The maximum atomic E-state index is 12.9. The smallest absolute Gasteiger partial charge is 0.307 e. The lowest BCUT2D eigenvalue weighted by Gasteiger charge is -2.12. The van der Waals surface area contributed by atoms with E-state index in [0.29, 0.717) is 11.8 Å². The molecule has 0 spiro atoms. The first-order chi connectivity index (χ1) is 8.06. The van der Waals surface area contributed by atoms with E-state index in [1.54, 1.807) is 0 Å². The summed E-state index contributed by atoms with van der Waals surface area (Å²) >= 11 is 0. The van der Waals surface area contributed by atoms with Crippen LogP contribution in [-0.4, -0.2) is 17.4 Å². The third-order valence-corrected chi connectivity index (χ3v) is 2.38. The van der Waals surface area contributed by atoms with Gasteiger partial charge in [0.15, 0.2) is 0 Å². The minimum absolute atomic E-state index is 0.107. The van der Waals surface area contributed by atoms with Crippen LogP contribution in [0.5, 0.6) is 0 Å². The van der Waals surface area contributed by atoms with Gasteiger partial charge in [-0.15, -0.1) is 0 Å². The fourth-order valence-corrected chi connectivity index (χ4v) is 1.70. The Balaban J connectivity index is 3.11. The zero-order valence-electron chi connectivity index (χ0n) is 9.03. The van der Waals surface area contributed by atoms with Crippen LogP contribution in [0, 0.1) is 0 Å². The molecule has 1 aromatic rings. The molecule has 0 radical (unpaired) electrons. The molecular weight excluding hydrogens is 230 g/mol.